The van der Waals surface area contributed by atoms with Gasteiger partial charge in [-0.2, -0.15) is 10.4 Å². The van der Waals surface area contributed by atoms with Crippen LogP contribution < -0.4 is 14.5 Å². The molecule has 12 nitrogen and oxygen atoms in total. The Morgan fingerprint density at radius 3 is 2.56 bits per heavy atom. The molecule has 0 bridgehead atoms. The molecule has 1 N–H and O–H groups in total. The lowest BCUT2D eigenvalue weighted by Crippen LogP contribution is -2.52. The number of nitrogens with one attached hydrogen (secondary N) is 1. The molecule has 0 saturated carbocycles. The van der Waals surface area contributed by atoms with E-state index in [-0.39, 0.29) is 11.3 Å². The number of anilines is 2. The van der Waals surface area contributed by atoms with Crippen LogP contribution in [0.15, 0.2) is 61.4 Å². The normalized spacial score (nSPS) is 15.5. The summed E-state index contributed by atoms with van der Waals surface area (Å²) < 4.78 is 18.9. The minimum atomic E-state index is -1.33. The van der Waals surface area contributed by atoms with Gasteiger partial charge in [-0.1, -0.05) is 6.07 Å². The molecule has 4 aromatic rings. The van der Waals surface area contributed by atoms with Crippen LogP contribution in [0.3, 0.4) is 0 Å². The van der Waals surface area contributed by atoms with Gasteiger partial charge in [0.2, 0.25) is 5.95 Å². The van der Waals surface area contributed by atoms with Gasteiger partial charge >= 0.3 is 0 Å². The Bertz CT molecular complexity index is 1630. The largest absolute Gasteiger partial charge is 0.539 e. The molecule has 0 aliphatic carbocycles. The van der Waals surface area contributed by atoms with Gasteiger partial charge in [0.05, 0.1) is 37.7 Å². The zero-order valence-electron chi connectivity index (χ0n) is 24.0. The van der Waals surface area contributed by atoms with E-state index in [1.54, 1.807) is 48.7 Å². The molecule has 2 saturated heterocycles. The number of hydrogen-bond acceptors (Lipinski definition) is 10. The van der Waals surface area contributed by atoms with E-state index in [2.05, 4.69) is 31.4 Å². The van der Waals surface area contributed by atoms with Crippen molar-refractivity contribution in [1.29, 1.82) is 5.26 Å². The molecular weight excluding hydrogens is 564 g/mol. The van der Waals surface area contributed by atoms with Crippen LogP contribution in [-0.2, 0) is 10.9 Å². The lowest BCUT2D eigenvalue weighted by atomic mass is 9.77. The van der Waals surface area contributed by atoms with E-state index in [1.807, 2.05) is 29.6 Å². The Balaban J connectivity index is 1.12. The van der Waals surface area contributed by atoms with Crippen molar-refractivity contribution in [3.63, 3.8) is 0 Å². The molecule has 219 valence electrons. The van der Waals surface area contributed by atoms with Gasteiger partial charge in [-0.3, -0.25) is 9.48 Å². The Morgan fingerprint density at radius 2 is 1.91 bits per heavy atom. The Kier molecular flexibility index (Phi) is 8.04. The highest BCUT2D eigenvalue weighted by Gasteiger charge is 2.42. The van der Waals surface area contributed by atoms with E-state index < -0.39 is 9.04 Å². The molecule has 2 aromatic heterocycles. The number of ether oxygens (including phenoxy) is 2. The zero-order chi connectivity index (χ0) is 29.8. The molecule has 1 amide bonds. The first-order chi connectivity index (χ1) is 20.9. The number of methoxy groups -OCH3 is 1. The highest BCUT2D eigenvalue weighted by atomic mass is 28.3. The fourth-order valence-corrected chi connectivity index (χ4v) is 6.51. The number of aromatic nitrogens is 5. The second kappa shape index (κ2) is 12.2. The number of rotatable bonds is 9. The van der Waals surface area contributed by atoms with E-state index in [1.165, 1.54) is 6.33 Å². The van der Waals surface area contributed by atoms with Gasteiger partial charge in [0.15, 0.2) is 0 Å². The van der Waals surface area contributed by atoms with Crippen LogP contribution in [0.2, 0.25) is 6.55 Å². The van der Waals surface area contributed by atoms with Crippen LogP contribution in [0.25, 0.3) is 11.1 Å². The number of benzene rings is 2. The van der Waals surface area contributed by atoms with Crippen molar-refractivity contribution >= 4 is 26.6 Å². The maximum absolute atomic E-state index is 13.2. The summed E-state index contributed by atoms with van der Waals surface area (Å²) in [7, 11) is 0.237. The number of amides is 1. The minimum Gasteiger partial charge on any atom is -0.539 e. The van der Waals surface area contributed by atoms with Crippen molar-refractivity contribution in [2.24, 2.45) is 5.41 Å². The van der Waals surface area contributed by atoms with E-state index in [0.717, 1.165) is 50.3 Å². The molecule has 43 heavy (non-hydrogen) atoms. The molecule has 2 aromatic carbocycles. The molecule has 13 heteroatoms. The summed E-state index contributed by atoms with van der Waals surface area (Å²) in [4.78, 5) is 28.0. The summed E-state index contributed by atoms with van der Waals surface area (Å²) in [6, 6.07) is 13.0. The second-order valence-corrected chi connectivity index (χ2v) is 12.8. The Hall–Kier alpha value is -4.80. The van der Waals surface area contributed by atoms with Gasteiger partial charge in [0, 0.05) is 42.0 Å². The average Bonchev–Trinajstić information content (AvgIpc) is 3.53. The highest BCUT2D eigenvalue weighted by molar-refractivity contribution is 6.49. The van der Waals surface area contributed by atoms with Crippen molar-refractivity contribution in [1.82, 2.24) is 29.6 Å². The van der Waals surface area contributed by atoms with E-state index >= 15 is 0 Å². The Labute approximate surface area is 251 Å². The van der Waals surface area contributed by atoms with Gasteiger partial charge in [-0.05, 0) is 55.3 Å². The molecule has 0 unspecified atom stereocenters. The third-order valence-electron chi connectivity index (χ3n) is 7.85. The summed E-state index contributed by atoms with van der Waals surface area (Å²) in [6.45, 7) is 5.10. The van der Waals surface area contributed by atoms with Gasteiger partial charge in [-0.15, -0.1) is 0 Å². The molecule has 1 spiro atoms. The minimum absolute atomic E-state index is 0.000976. The zero-order valence-corrected chi connectivity index (χ0v) is 25.0. The van der Waals surface area contributed by atoms with Crippen molar-refractivity contribution in [3.05, 3.63) is 72.6 Å². The number of hydrogen-bond donors (Lipinski definition) is 1. The first-order valence-corrected chi connectivity index (χ1v) is 16.1. The van der Waals surface area contributed by atoms with Crippen LogP contribution in [0.5, 0.6) is 11.5 Å². The lowest BCUT2D eigenvalue weighted by Gasteiger charge is -2.47. The molecule has 6 rings (SSSR count). The van der Waals surface area contributed by atoms with Crippen molar-refractivity contribution in [2.45, 2.75) is 25.6 Å². The molecule has 0 atom stereocenters. The number of carbonyl (C=O) groups is 1. The monoisotopic (exact) mass is 595 g/mol. The quantitative estimate of drug-likeness (QED) is 0.284. The number of nitrogens with zero attached hydrogens (tertiary/aromatic N) is 7. The Morgan fingerprint density at radius 1 is 1.12 bits per heavy atom. The predicted molar refractivity (Wildman–Crippen MR) is 159 cm³/mol. The van der Waals surface area contributed by atoms with Crippen molar-refractivity contribution in [3.8, 4) is 28.7 Å². The lowest BCUT2D eigenvalue weighted by molar-refractivity contribution is -0.136. The number of nitriles is 1. The molecule has 2 aliphatic rings. The van der Waals surface area contributed by atoms with Gasteiger partial charge in [0.25, 0.3) is 14.9 Å². The molecule has 1 radical (unpaired) electrons. The predicted octanol–water partition coefficient (Wildman–Crippen LogP) is 3.85. The highest BCUT2D eigenvalue weighted by Crippen LogP contribution is 2.39. The smallest absolute Gasteiger partial charge is 0.300 e. The first-order valence-electron chi connectivity index (χ1n) is 14.0. The SMILES string of the molecule is COc1cc(C(=O)N2CCC3(CC2)COC3)ccc1Nc1ncc(-c2ccc(C#N)c(O[Si](C)Cn3cncn3)c2)cn1. The third kappa shape index (κ3) is 6.20. The number of piperidine rings is 1. The first kappa shape index (κ1) is 28.3. The molecule has 2 aliphatic heterocycles. The van der Waals surface area contributed by atoms with E-state index in [4.69, 9.17) is 13.9 Å². The summed E-state index contributed by atoms with van der Waals surface area (Å²) >= 11 is 0. The van der Waals surface area contributed by atoms with Gasteiger partial charge < -0.3 is 24.1 Å². The van der Waals surface area contributed by atoms with Crippen molar-refractivity contribution < 1.29 is 18.7 Å². The van der Waals surface area contributed by atoms with Crippen LogP contribution >= 0.6 is 0 Å². The maximum atomic E-state index is 13.2. The number of likely N-dealkylation sites (tertiary alicyclic amines) is 1. The molecular formula is C30H31N8O4Si. The third-order valence-corrected chi connectivity index (χ3v) is 9.18. The van der Waals surface area contributed by atoms with Gasteiger partial charge in [0.1, 0.15) is 30.2 Å². The standard InChI is InChI=1S/C30H31N8O4Si/c1-40-27-12-22(28(39)37-9-7-30(8-10-37)16-41-17-30)5-6-25(27)36-29-33-14-24(15-34-29)21-3-4-23(13-31)26(11-21)42-43(2)20-38-19-32-18-35-38/h3-6,11-12,14-15,18-19H,7-10,16-17,20H2,1-2H3,(H,33,34,36). The van der Waals surface area contributed by atoms with Crippen molar-refractivity contribution in [2.75, 3.05) is 38.7 Å². The second-order valence-electron chi connectivity index (χ2n) is 10.8. The summed E-state index contributed by atoms with van der Waals surface area (Å²) in [6.07, 6.45) is 9.08. The maximum Gasteiger partial charge on any atom is 0.300 e. The van der Waals surface area contributed by atoms with Crippen LogP contribution in [0, 0.1) is 16.7 Å². The van der Waals surface area contributed by atoms with Crippen LogP contribution in [-0.4, -0.2) is 78.0 Å². The van der Waals surface area contributed by atoms with Crippen LogP contribution in [0.4, 0.5) is 11.6 Å². The topological polar surface area (TPSA) is 140 Å². The summed E-state index contributed by atoms with van der Waals surface area (Å²) in [5.74, 6) is 1.42. The van der Waals surface area contributed by atoms with E-state index in [9.17, 15) is 10.1 Å². The van der Waals surface area contributed by atoms with E-state index in [0.29, 0.717) is 40.4 Å². The fraction of sp³-hybridized carbons (Fsp3) is 0.333. The van der Waals surface area contributed by atoms with Crippen LogP contribution in [0.1, 0.15) is 28.8 Å². The molecule has 2 fully saturated rings. The van der Waals surface area contributed by atoms with Gasteiger partial charge in [-0.25, -0.2) is 15.0 Å². The number of carbonyl (C=O) groups excluding carboxylic acids is 1. The summed E-state index contributed by atoms with van der Waals surface area (Å²) in [5.41, 5.74) is 3.55. The summed E-state index contributed by atoms with van der Waals surface area (Å²) in [5, 5.41) is 16.9. The average molecular weight is 596 g/mol. The fourth-order valence-electron chi connectivity index (χ4n) is 5.28. The molecule has 4 heterocycles.